The Kier molecular flexibility index (Phi) is 11.3. The molecule has 7 heteroatoms. The third kappa shape index (κ3) is 10.6. The SMILES string of the molecule is C=CC(=O)OCCNC(=O)OCCOC(=O)C(CC(C)C)C(C)C. The number of esters is 2. The van der Waals surface area contributed by atoms with Gasteiger partial charge in [-0.25, -0.2) is 9.59 Å². The van der Waals surface area contributed by atoms with Gasteiger partial charge in [-0.05, 0) is 18.3 Å². The van der Waals surface area contributed by atoms with Crippen LogP contribution in [-0.4, -0.2) is 44.4 Å². The maximum atomic E-state index is 12.0. The number of ether oxygens (including phenoxy) is 3. The largest absolute Gasteiger partial charge is 0.462 e. The van der Waals surface area contributed by atoms with Crippen molar-refractivity contribution in [3.8, 4) is 0 Å². The van der Waals surface area contributed by atoms with Gasteiger partial charge < -0.3 is 19.5 Å². The van der Waals surface area contributed by atoms with Gasteiger partial charge in [0.15, 0.2) is 0 Å². The van der Waals surface area contributed by atoms with Gasteiger partial charge in [0.2, 0.25) is 0 Å². The van der Waals surface area contributed by atoms with E-state index in [2.05, 4.69) is 30.5 Å². The molecule has 0 saturated carbocycles. The molecular weight excluding hydrogens is 314 g/mol. The highest BCUT2D eigenvalue weighted by Crippen LogP contribution is 2.21. The van der Waals surface area contributed by atoms with Gasteiger partial charge in [-0.15, -0.1) is 0 Å². The van der Waals surface area contributed by atoms with Crippen LogP contribution in [0.15, 0.2) is 12.7 Å². The Morgan fingerprint density at radius 1 is 1.00 bits per heavy atom. The first-order chi connectivity index (χ1) is 11.3. The zero-order valence-electron chi connectivity index (χ0n) is 15.0. The Morgan fingerprint density at radius 3 is 2.17 bits per heavy atom. The predicted molar refractivity (Wildman–Crippen MR) is 89.2 cm³/mol. The van der Waals surface area contributed by atoms with E-state index in [1.165, 1.54) is 0 Å². The number of rotatable bonds is 11. The summed E-state index contributed by atoms with van der Waals surface area (Å²) in [4.78, 5) is 34.2. The van der Waals surface area contributed by atoms with E-state index >= 15 is 0 Å². The van der Waals surface area contributed by atoms with Crippen LogP contribution < -0.4 is 5.32 Å². The lowest BCUT2D eigenvalue weighted by Crippen LogP contribution is -2.30. The third-order valence-electron chi connectivity index (χ3n) is 3.18. The quantitative estimate of drug-likeness (QED) is 0.268. The van der Waals surface area contributed by atoms with Gasteiger partial charge in [-0.3, -0.25) is 4.79 Å². The van der Waals surface area contributed by atoms with E-state index in [9.17, 15) is 14.4 Å². The van der Waals surface area contributed by atoms with Crippen LogP contribution in [0.5, 0.6) is 0 Å². The minimum Gasteiger partial charge on any atom is -0.462 e. The highest BCUT2D eigenvalue weighted by Gasteiger charge is 2.24. The summed E-state index contributed by atoms with van der Waals surface area (Å²) in [6, 6.07) is 0. The molecule has 0 bridgehead atoms. The molecule has 1 amide bonds. The van der Waals surface area contributed by atoms with Gasteiger partial charge in [0.05, 0.1) is 12.5 Å². The highest BCUT2D eigenvalue weighted by atomic mass is 16.6. The first-order valence-corrected chi connectivity index (χ1v) is 8.14. The van der Waals surface area contributed by atoms with E-state index < -0.39 is 12.1 Å². The first-order valence-electron chi connectivity index (χ1n) is 8.14. The molecule has 0 saturated heterocycles. The minimum atomic E-state index is -0.664. The summed E-state index contributed by atoms with van der Waals surface area (Å²) in [6.07, 6.45) is 1.14. The van der Waals surface area contributed by atoms with E-state index in [0.29, 0.717) is 5.92 Å². The van der Waals surface area contributed by atoms with Crippen LogP contribution in [0.3, 0.4) is 0 Å². The zero-order valence-corrected chi connectivity index (χ0v) is 15.0. The molecule has 138 valence electrons. The van der Waals surface area contributed by atoms with Gasteiger partial charge >= 0.3 is 18.0 Å². The molecule has 0 aliphatic heterocycles. The average Bonchev–Trinajstić information content (AvgIpc) is 2.52. The molecule has 0 aromatic carbocycles. The maximum Gasteiger partial charge on any atom is 0.407 e. The summed E-state index contributed by atoms with van der Waals surface area (Å²) < 4.78 is 14.7. The van der Waals surface area contributed by atoms with Gasteiger partial charge in [0, 0.05) is 6.08 Å². The Hall–Kier alpha value is -2.05. The summed E-state index contributed by atoms with van der Waals surface area (Å²) in [7, 11) is 0. The monoisotopic (exact) mass is 343 g/mol. The summed E-state index contributed by atoms with van der Waals surface area (Å²) in [5.74, 6) is -0.375. The minimum absolute atomic E-state index is 0.0129. The molecule has 0 heterocycles. The van der Waals surface area contributed by atoms with Crippen molar-refractivity contribution in [2.45, 2.75) is 34.1 Å². The van der Waals surface area contributed by atoms with E-state index in [1.807, 2.05) is 13.8 Å². The van der Waals surface area contributed by atoms with Crippen molar-refractivity contribution in [1.82, 2.24) is 5.32 Å². The average molecular weight is 343 g/mol. The topological polar surface area (TPSA) is 90.9 Å². The summed E-state index contributed by atoms with van der Waals surface area (Å²) in [6.45, 7) is 11.5. The summed E-state index contributed by atoms with van der Waals surface area (Å²) in [5, 5.41) is 2.40. The molecule has 0 aliphatic carbocycles. The number of alkyl carbamates (subject to hydrolysis) is 1. The molecule has 1 unspecified atom stereocenters. The molecule has 1 N–H and O–H groups in total. The van der Waals surface area contributed by atoms with Crippen LogP contribution in [0.2, 0.25) is 0 Å². The second-order valence-electron chi connectivity index (χ2n) is 6.08. The standard InChI is InChI=1S/C17H29NO6/c1-6-15(19)22-8-7-18-17(21)24-10-9-23-16(20)14(13(4)5)11-12(2)3/h6,12-14H,1,7-11H2,2-5H3,(H,18,21). The zero-order chi connectivity index (χ0) is 18.5. The normalized spacial score (nSPS) is 11.8. The fraction of sp³-hybridized carbons (Fsp3) is 0.706. The second kappa shape index (κ2) is 12.4. The number of amides is 1. The smallest absolute Gasteiger partial charge is 0.407 e. The number of carbonyl (C=O) groups excluding carboxylic acids is 3. The maximum absolute atomic E-state index is 12.0. The van der Waals surface area contributed by atoms with Crippen LogP contribution >= 0.6 is 0 Å². The van der Waals surface area contributed by atoms with Crippen molar-refractivity contribution in [3.05, 3.63) is 12.7 Å². The van der Waals surface area contributed by atoms with Crippen LogP contribution in [0.25, 0.3) is 0 Å². The molecule has 0 spiro atoms. The molecule has 0 aromatic rings. The van der Waals surface area contributed by atoms with E-state index in [0.717, 1.165) is 12.5 Å². The summed E-state index contributed by atoms with van der Waals surface area (Å²) >= 11 is 0. The Bertz CT molecular complexity index is 419. The number of carbonyl (C=O) groups is 3. The molecule has 0 radical (unpaired) electrons. The van der Waals surface area contributed by atoms with Crippen LogP contribution in [0.1, 0.15) is 34.1 Å². The molecular formula is C17H29NO6. The van der Waals surface area contributed by atoms with Crippen LogP contribution in [0.4, 0.5) is 4.79 Å². The lowest BCUT2D eigenvalue weighted by Gasteiger charge is -2.21. The predicted octanol–water partition coefficient (Wildman–Crippen LogP) is 2.30. The van der Waals surface area contributed by atoms with Crippen molar-refractivity contribution in [2.24, 2.45) is 17.8 Å². The Balaban J connectivity index is 3.86. The van der Waals surface area contributed by atoms with Crippen molar-refractivity contribution < 1.29 is 28.6 Å². The molecule has 1 atom stereocenters. The Labute approximate surface area is 143 Å². The highest BCUT2D eigenvalue weighted by molar-refractivity contribution is 5.81. The van der Waals surface area contributed by atoms with Crippen molar-refractivity contribution in [3.63, 3.8) is 0 Å². The third-order valence-corrected chi connectivity index (χ3v) is 3.18. The number of hydrogen-bond acceptors (Lipinski definition) is 6. The van der Waals surface area contributed by atoms with Crippen molar-refractivity contribution in [1.29, 1.82) is 0 Å². The van der Waals surface area contributed by atoms with Crippen molar-refractivity contribution >= 4 is 18.0 Å². The van der Waals surface area contributed by atoms with Gasteiger partial charge in [0.25, 0.3) is 0 Å². The van der Waals surface area contributed by atoms with Gasteiger partial charge in [0.1, 0.15) is 19.8 Å². The van der Waals surface area contributed by atoms with E-state index in [4.69, 9.17) is 9.47 Å². The lowest BCUT2D eigenvalue weighted by atomic mass is 9.88. The van der Waals surface area contributed by atoms with Crippen LogP contribution in [0, 0.1) is 17.8 Å². The molecule has 0 aromatic heterocycles. The van der Waals surface area contributed by atoms with E-state index in [-0.39, 0.29) is 44.2 Å². The molecule has 0 fully saturated rings. The fourth-order valence-corrected chi connectivity index (χ4v) is 1.95. The first kappa shape index (κ1) is 21.9. The van der Waals surface area contributed by atoms with Gasteiger partial charge in [-0.2, -0.15) is 0 Å². The number of nitrogens with one attached hydrogen (secondary N) is 1. The second-order valence-corrected chi connectivity index (χ2v) is 6.08. The van der Waals surface area contributed by atoms with E-state index in [1.54, 1.807) is 0 Å². The Morgan fingerprint density at radius 2 is 1.62 bits per heavy atom. The fourth-order valence-electron chi connectivity index (χ4n) is 1.95. The summed E-state index contributed by atoms with van der Waals surface area (Å²) in [5.41, 5.74) is 0. The lowest BCUT2D eigenvalue weighted by molar-refractivity contribution is -0.151. The molecule has 24 heavy (non-hydrogen) atoms. The van der Waals surface area contributed by atoms with Crippen LogP contribution in [-0.2, 0) is 23.8 Å². The molecule has 0 aliphatic rings. The molecule has 7 nitrogen and oxygen atoms in total. The van der Waals surface area contributed by atoms with Crippen molar-refractivity contribution in [2.75, 3.05) is 26.4 Å². The number of hydrogen-bond donors (Lipinski definition) is 1. The van der Waals surface area contributed by atoms with Gasteiger partial charge in [-0.1, -0.05) is 34.3 Å². The molecule has 0 rings (SSSR count).